The number of halogens is 1. The van der Waals surface area contributed by atoms with Crippen molar-refractivity contribution in [3.8, 4) is 0 Å². The SMILES string of the molecule is CCN(Cc1cccc(Cl)c1)C(=O)C1CC2CCC1N2. The first-order chi connectivity index (χ1) is 9.67. The molecule has 2 heterocycles. The smallest absolute Gasteiger partial charge is 0.227 e. The van der Waals surface area contributed by atoms with E-state index in [9.17, 15) is 4.79 Å². The zero-order chi connectivity index (χ0) is 14.1. The van der Waals surface area contributed by atoms with Gasteiger partial charge in [0.15, 0.2) is 0 Å². The second-order valence-corrected chi connectivity index (χ2v) is 6.31. The zero-order valence-electron chi connectivity index (χ0n) is 11.8. The van der Waals surface area contributed by atoms with Gasteiger partial charge in [-0.2, -0.15) is 0 Å². The van der Waals surface area contributed by atoms with E-state index in [2.05, 4.69) is 5.32 Å². The Kier molecular flexibility index (Phi) is 3.99. The van der Waals surface area contributed by atoms with Crippen LogP contribution < -0.4 is 5.32 Å². The third-order valence-electron chi connectivity index (χ3n) is 4.57. The molecule has 1 aromatic rings. The quantitative estimate of drug-likeness (QED) is 0.925. The summed E-state index contributed by atoms with van der Waals surface area (Å²) < 4.78 is 0. The molecule has 2 bridgehead atoms. The molecule has 0 radical (unpaired) electrons. The molecule has 3 rings (SSSR count). The lowest BCUT2D eigenvalue weighted by atomic mass is 9.88. The van der Waals surface area contributed by atoms with Gasteiger partial charge in [-0.3, -0.25) is 4.79 Å². The van der Waals surface area contributed by atoms with Crippen molar-refractivity contribution in [2.45, 2.75) is 44.8 Å². The van der Waals surface area contributed by atoms with Crippen LogP contribution in [0, 0.1) is 5.92 Å². The maximum atomic E-state index is 12.7. The van der Waals surface area contributed by atoms with Gasteiger partial charge in [-0.1, -0.05) is 23.7 Å². The molecule has 1 N–H and O–H groups in total. The molecule has 1 amide bonds. The first kappa shape index (κ1) is 13.9. The van der Waals surface area contributed by atoms with E-state index in [4.69, 9.17) is 11.6 Å². The molecule has 2 aliphatic heterocycles. The molecule has 2 saturated heterocycles. The minimum atomic E-state index is 0.174. The van der Waals surface area contributed by atoms with Gasteiger partial charge in [-0.05, 0) is 43.9 Å². The maximum absolute atomic E-state index is 12.7. The largest absolute Gasteiger partial charge is 0.338 e. The van der Waals surface area contributed by atoms with E-state index in [-0.39, 0.29) is 5.92 Å². The van der Waals surface area contributed by atoms with Crippen LogP contribution in [0.2, 0.25) is 5.02 Å². The highest BCUT2D eigenvalue weighted by molar-refractivity contribution is 6.30. The monoisotopic (exact) mass is 292 g/mol. The van der Waals surface area contributed by atoms with Crippen molar-refractivity contribution in [3.05, 3.63) is 34.9 Å². The molecule has 0 aliphatic carbocycles. The van der Waals surface area contributed by atoms with Crippen LogP contribution in [0.3, 0.4) is 0 Å². The molecule has 3 nitrogen and oxygen atoms in total. The molecule has 108 valence electrons. The summed E-state index contributed by atoms with van der Waals surface area (Å²) >= 11 is 6.02. The summed E-state index contributed by atoms with van der Waals surface area (Å²) in [5.74, 6) is 0.472. The van der Waals surface area contributed by atoms with Crippen LogP contribution in [0.1, 0.15) is 31.7 Å². The number of nitrogens with zero attached hydrogens (tertiary/aromatic N) is 1. The fraction of sp³-hybridized carbons (Fsp3) is 0.562. The predicted molar refractivity (Wildman–Crippen MR) is 80.6 cm³/mol. The Labute approximate surface area is 125 Å². The van der Waals surface area contributed by atoms with Gasteiger partial charge in [-0.25, -0.2) is 0 Å². The number of carbonyl (C=O) groups is 1. The second kappa shape index (κ2) is 5.74. The van der Waals surface area contributed by atoms with Gasteiger partial charge < -0.3 is 10.2 Å². The van der Waals surface area contributed by atoms with Gasteiger partial charge in [0.2, 0.25) is 5.91 Å². The molecular weight excluding hydrogens is 272 g/mol. The molecule has 20 heavy (non-hydrogen) atoms. The summed E-state index contributed by atoms with van der Waals surface area (Å²) in [6, 6.07) is 8.75. The summed E-state index contributed by atoms with van der Waals surface area (Å²) in [6.07, 6.45) is 3.39. The van der Waals surface area contributed by atoms with Crippen molar-refractivity contribution < 1.29 is 4.79 Å². The van der Waals surface area contributed by atoms with Crippen LogP contribution in [0.4, 0.5) is 0 Å². The fourth-order valence-corrected chi connectivity index (χ4v) is 3.75. The first-order valence-corrected chi connectivity index (χ1v) is 7.84. The van der Waals surface area contributed by atoms with Crippen LogP contribution >= 0.6 is 11.6 Å². The average Bonchev–Trinajstić information content (AvgIpc) is 3.06. The minimum absolute atomic E-state index is 0.174. The highest BCUT2D eigenvalue weighted by Crippen LogP contribution is 2.34. The molecule has 1 aromatic carbocycles. The predicted octanol–water partition coefficient (Wildman–Crippen LogP) is 2.83. The molecule has 3 atom stereocenters. The first-order valence-electron chi connectivity index (χ1n) is 7.46. The summed E-state index contributed by atoms with van der Waals surface area (Å²) in [5.41, 5.74) is 1.10. The summed E-state index contributed by atoms with van der Waals surface area (Å²) in [5, 5.41) is 4.27. The van der Waals surface area contributed by atoms with Crippen molar-refractivity contribution in [1.29, 1.82) is 0 Å². The Morgan fingerprint density at radius 1 is 1.45 bits per heavy atom. The van der Waals surface area contributed by atoms with E-state index >= 15 is 0 Å². The molecule has 2 fully saturated rings. The van der Waals surface area contributed by atoms with Gasteiger partial charge in [-0.15, -0.1) is 0 Å². The summed E-state index contributed by atoms with van der Waals surface area (Å²) in [7, 11) is 0. The van der Waals surface area contributed by atoms with Crippen molar-refractivity contribution in [3.63, 3.8) is 0 Å². The van der Waals surface area contributed by atoms with Gasteiger partial charge in [0.05, 0.1) is 5.92 Å². The van der Waals surface area contributed by atoms with Gasteiger partial charge in [0.25, 0.3) is 0 Å². The molecule has 0 spiro atoms. The van der Waals surface area contributed by atoms with Crippen LogP contribution in [0.5, 0.6) is 0 Å². The standard InChI is InChI=1S/C16H21ClN2O/c1-2-19(10-11-4-3-5-12(17)8-11)16(20)14-9-13-6-7-15(14)18-13/h3-5,8,13-15,18H,2,6-7,9-10H2,1H3. The molecular formula is C16H21ClN2O. The number of rotatable bonds is 4. The van der Waals surface area contributed by atoms with E-state index in [0.717, 1.165) is 30.0 Å². The Morgan fingerprint density at radius 3 is 2.90 bits per heavy atom. The maximum Gasteiger partial charge on any atom is 0.227 e. The second-order valence-electron chi connectivity index (χ2n) is 5.87. The summed E-state index contributed by atoms with van der Waals surface area (Å²) in [4.78, 5) is 14.7. The summed E-state index contributed by atoms with van der Waals surface area (Å²) in [6.45, 7) is 3.45. The lowest BCUT2D eigenvalue weighted by molar-refractivity contribution is -0.136. The number of hydrogen-bond acceptors (Lipinski definition) is 2. The highest BCUT2D eigenvalue weighted by atomic mass is 35.5. The average molecular weight is 293 g/mol. The number of amides is 1. The van der Waals surface area contributed by atoms with E-state index in [1.165, 1.54) is 6.42 Å². The van der Waals surface area contributed by atoms with Crippen LogP contribution in [-0.4, -0.2) is 29.4 Å². The number of hydrogen-bond donors (Lipinski definition) is 1. The van der Waals surface area contributed by atoms with E-state index in [1.54, 1.807) is 0 Å². The van der Waals surface area contributed by atoms with Crippen LogP contribution in [0.25, 0.3) is 0 Å². The normalized spacial score (nSPS) is 27.8. The number of fused-ring (bicyclic) bond motifs is 2. The zero-order valence-corrected chi connectivity index (χ0v) is 12.6. The van der Waals surface area contributed by atoms with Crippen LogP contribution in [-0.2, 0) is 11.3 Å². The molecule has 2 aliphatic rings. The van der Waals surface area contributed by atoms with Crippen molar-refractivity contribution >= 4 is 17.5 Å². The van der Waals surface area contributed by atoms with E-state index in [1.807, 2.05) is 36.1 Å². The van der Waals surface area contributed by atoms with Gasteiger partial charge in [0.1, 0.15) is 0 Å². The Morgan fingerprint density at radius 2 is 2.30 bits per heavy atom. The third-order valence-corrected chi connectivity index (χ3v) is 4.81. The lowest BCUT2D eigenvalue weighted by Crippen LogP contribution is -2.40. The highest BCUT2D eigenvalue weighted by Gasteiger charge is 2.43. The Bertz CT molecular complexity index is 505. The third kappa shape index (κ3) is 2.70. The molecule has 0 saturated carbocycles. The van der Waals surface area contributed by atoms with E-state index in [0.29, 0.717) is 24.5 Å². The van der Waals surface area contributed by atoms with Crippen molar-refractivity contribution in [2.75, 3.05) is 6.54 Å². The lowest BCUT2D eigenvalue weighted by Gasteiger charge is -2.28. The Hall–Kier alpha value is -1.06. The van der Waals surface area contributed by atoms with E-state index < -0.39 is 0 Å². The number of benzene rings is 1. The number of carbonyl (C=O) groups excluding carboxylic acids is 1. The molecule has 0 aromatic heterocycles. The van der Waals surface area contributed by atoms with Crippen LogP contribution in [0.15, 0.2) is 24.3 Å². The van der Waals surface area contributed by atoms with Crippen molar-refractivity contribution in [1.82, 2.24) is 10.2 Å². The van der Waals surface area contributed by atoms with Crippen molar-refractivity contribution in [2.24, 2.45) is 5.92 Å². The van der Waals surface area contributed by atoms with Gasteiger partial charge in [0, 0.05) is 30.2 Å². The molecule has 4 heteroatoms. The number of nitrogens with one attached hydrogen (secondary N) is 1. The Balaban J connectivity index is 1.68. The fourth-order valence-electron chi connectivity index (χ4n) is 3.53. The minimum Gasteiger partial charge on any atom is -0.338 e. The molecule has 3 unspecified atom stereocenters. The van der Waals surface area contributed by atoms with Gasteiger partial charge >= 0.3 is 0 Å². The topological polar surface area (TPSA) is 32.3 Å².